The van der Waals surface area contributed by atoms with E-state index in [1.165, 1.54) is 4.90 Å². The van der Waals surface area contributed by atoms with Crippen LogP contribution in [0.2, 0.25) is 5.02 Å². The van der Waals surface area contributed by atoms with Gasteiger partial charge in [-0.1, -0.05) is 41.4 Å². The molecule has 4 aliphatic rings. The standard InChI is InChI=1S/C32H32BrCl2FN4O4/c1-39(2)31(43)40-12-10-20(11-13-40)44-25-9-8-23(33)28(36)27(25)29-32(21-7-6-19(35)15-24(21)37-30(32)42)22(16-26(41)38-29)17-4-3-5-18(34)14-17/h3-9,15,17,20,22,29H,10-14,16H2,1-2H3,(H,37,42)(H,38,41)/t17?,22-,29+,32-/m0/s1. The molecule has 4 atom stereocenters. The molecule has 2 aromatic carbocycles. The van der Waals surface area contributed by atoms with Crippen molar-refractivity contribution in [3.8, 4) is 5.75 Å². The van der Waals surface area contributed by atoms with Crippen LogP contribution in [0.25, 0.3) is 0 Å². The SMILES string of the molecule is CN(C)C(=O)N1CCC(Oc2ccc(Br)c(F)c2[C@H]2NC(=O)C[C@@H](C3C=CC=C(Cl)C3)[C@]23C(=O)Nc2cc(Cl)ccc23)CC1. The highest BCUT2D eigenvalue weighted by atomic mass is 79.9. The minimum atomic E-state index is -1.40. The Morgan fingerprint density at radius 2 is 1.89 bits per heavy atom. The molecule has 1 unspecified atom stereocenters. The zero-order chi connectivity index (χ0) is 31.3. The molecule has 2 saturated heterocycles. The number of ether oxygens (including phenoxy) is 1. The molecule has 0 radical (unpaired) electrons. The van der Waals surface area contributed by atoms with E-state index in [-0.39, 0.29) is 52.1 Å². The number of rotatable bonds is 4. The largest absolute Gasteiger partial charge is 0.490 e. The number of anilines is 1. The molecule has 0 saturated carbocycles. The van der Waals surface area contributed by atoms with Gasteiger partial charge in [-0.2, -0.15) is 0 Å². The van der Waals surface area contributed by atoms with Crippen molar-refractivity contribution >= 4 is 62.7 Å². The van der Waals surface area contributed by atoms with Crippen molar-refractivity contribution in [1.82, 2.24) is 15.1 Å². The summed E-state index contributed by atoms with van der Waals surface area (Å²) in [5, 5.41) is 7.05. The number of carbonyl (C=O) groups excluding carboxylic acids is 3. The van der Waals surface area contributed by atoms with Crippen LogP contribution in [0.4, 0.5) is 14.9 Å². The van der Waals surface area contributed by atoms with Crippen LogP contribution in [-0.4, -0.2) is 60.9 Å². The van der Waals surface area contributed by atoms with Crippen LogP contribution in [-0.2, 0) is 15.0 Å². The highest BCUT2D eigenvalue weighted by Gasteiger charge is 2.63. The van der Waals surface area contributed by atoms with Crippen molar-refractivity contribution < 1.29 is 23.5 Å². The van der Waals surface area contributed by atoms with Crippen molar-refractivity contribution in [3.05, 3.63) is 80.0 Å². The summed E-state index contributed by atoms with van der Waals surface area (Å²) in [7, 11) is 3.42. The maximum atomic E-state index is 16.5. The number of piperidine rings is 2. The van der Waals surface area contributed by atoms with E-state index in [2.05, 4.69) is 26.6 Å². The second kappa shape index (κ2) is 12.0. The van der Waals surface area contributed by atoms with Gasteiger partial charge >= 0.3 is 6.03 Å². The fourth-order valence-electron chi connectivity index (χ4n) is 7.17. The number of allylic oxidation sites excluding steroid dienone is 4. The van der Waals surface area contributed by atoms with E-state index in [0.717, 1.165) is 0 Å². The minimum Gasteiger partial charge on any atom is -0.490 e. The van der Waals surface area contributed by atoms with Gasteiger partial charge in [0.2, 0.25) is 11.8 Å². The van der Waals surface area contributed by atoms with E-state index >= 15 is 4.39 Å². The molecule has 2 fully saturated rings. The molecule has 0 aromatic heterocycles. The van der Waals surface area contributed by atoms with Gasteiger partial charge in [0.15, 0.2) is 0 Å². The van der Waals surface area contributed by atoms with E-state index in [0.29, 0.717) is 53.7 Å². The lowest BCUT2D eigenvalue weighted by Gasteiger charge is -2.49. The number of carbonyl (C=O) groups is 3. The summed E-state index contributed by atoms with van der Waals surface area (Å²) in [6, 6.07) is 7.20. The normalized spacial score (nSPS) is 26.6. The van der Waals surface area contributed by atoms with Gasteiger partial charge in [-0.05, 0) is 70.1 Å². The van der Waals surface area contributed by atoms with Crippen molar-refractivity contribution in [1.29, 1.82) is 0 Å². The molecule has 0 bridgehead atoms. The highest BCUT2D eigenvalue weighted by molar-refractivity contribution is 9.10. The molecule has 4 amide bonds. The van der Waals surface area contributed by atoms with Crippen molar-refractivity contribution in [2.75, 3.05) is 32.5 Å². The number of fused-ring (bicyclic) bond motifs is 2. The lowest BCUT2D eigenvalue weighted by Crippen LogP contribution is -2.59. The van der Waals surface area contributed by atoms with Gasteiger partial charge < -0.3 is 25.2 Å². The second-order valence-corrected chi connectivity index (χ2v) is 13.7. The molecule has 1 aliphatic carbocycles. The first-order valence-electron chi connectivity index (χ1n) is 14.5. The molecular formula is C32H32BrCl2FN4O4. The topological polar surface area (TPSA) is 91.0 Å². The maximum absolute atomic E-state index is 16.5. The minimum absolute atomic E-state index is 0.0370. The molecule has 3 heterocycles. The van der Waals surface area contributed by atoms with Crippen LogP contribution >= 0.6 is 39.1 Å². The Kier molecular flexibility index (Phi) is 8.45. The average molecular weight is 706 g/mol. The number of nitrogens with one attached hydrogen (secondary N) is 2. The van der Waals surface area contributed by atoms with E-state index in [9.17, 15) is 14.4 Å². The van der Waals surface area contributed by atoms with Crippen LogP contribution in [0.5, 0.6) is 5.75 Å². The van der Waals surface area contributed by atoms with E-state index in [1.54, 1.807) is 55.4 Å². The van der Waals surface area contributed by atoms with Crippen LogP contribution in [0.3, 0.4) is 0 Å². The van der Waals surface area contributed by atoms with E-state index in [4.69, 9.17) is 27.9 Å². The molecule has 2 N–H and O–H groups in total. The molecule has 1 spiro atoms. The Morgan fingerprint density at radius 1 is 1.14 bits per heavy atom. The monoisotopic (exact) mass is 704 g/mol. The van der Waals surface area contributed by atoms with Crippen LogP contribution in [0.15, 0.2) is 58.1 Å². The second-order valence-electron chi connectivity index (χ2n) is 11.9. The molecule has 232 valence electrons. The van der Waals surface area contributed by atoms with Gasteiger partial charge in [0.25, 0.3) is 0 Å². The van der Waals surface area contributed by atoms with Crippen molar-refractivity contribution in [3.63, 3.8) is 0 Å². The average Bonchev–Trinajstić information content (AvgIpc) is 3.27. The van der Waals surface area contributed by atoms with Gasteiger partial charge in [-0.3, -0.25) is 9.59 Å². The summed E-state index contributed by atoms with van der Waals surface area (Å²) in [4.78, 5) is 43.7. The molecule has 2 aromatic rings. The summed E-state index contributed by atoms with van der Waals surface area (Å²) in [6.07, 6.45) is 6.85. The number of amides is 4. The summed E-state index contributed by atoms with van der Waals surface area (Å²) in [5.41, 5.74) is -0.172. The smallest absolute Gasteiger partial charge is 0.319 e. The molecule has 44 heavy (non-hydrogen) atoms. The maximum Gasteiger partial charge on any atom is 0.319 e. The Hall–Kier alpha value is -3.08. The van der Waals surface area contributed by atoms with E-state index in [1.807, 2.05) is 12.2 Å². The molecule has 3 aliphatic heterocycles. The number of urea groups is 1. The molecular weight excluding hydrogens is 674 g/mol. The van der Waals surface area contributed by atoms with Crippen LogP contribution in [0.1, 0.15) is 42.9 Å². The first kappa shape index (κ1) is 30.9. The predicted molar refractivity (Wildman–Crippen MR) is 170 cm³/mol. The summed E-state index contributed by atoms with van der Waals surface area (Å²) in [5.74, 6) is -1.88. The van der Waals surface area contributed by atoms with Gasteiger partial charge in [0.05, 0.1) is 16.1 Å². The number of halogens is 4. The third-order valence-corrected chi connectivity index (χ3v) is 10.3. The highest BCUT2D eigenvalue weighted by Crippen LogP contribution is 2.59. The molecule has 6 rings (SSSR count). The number of likely N-dealkylation sites (tertiary alicyclic amines) is 1. The first-order chi connectivity index (χ1) is 21.0. The molecule has 12 heteroatoms. The fourth-order valence-corrected chi connectivity index (χ4v) is 7.94. The Bertz CT molecular complexity index is 1590. The predicted octanol–water partition coefficient (Wildman–Crippen LogP) is 6.53. The first-order valence-corrected chi connectivity index (χ1v) is 16.1. The zero-order valence-corrected chi connectivity index (χ0v) is 27.3. The Morgan fingerprint density at radius 3 is 2.59 bits per heavy atom. The quantitative estimate of drug-likeness (QED) is 0.379. The number of nitrogens with zero attached hydrogens (tertiary/aromatic N) is 2. The van der Waals surface area contributed by atoms with Crippen molar-refractivity contribution in [2.45, 2.75) is 43.2 Å². The lowest BCUT2D eigenvalue weighted by molar-refractivity contribution is -0.135. The summed E-state index contributed by atoms with van der Waals surface area (Å²) < 4.78 is 23.1. The number of hydrogen-bond acceptors (Lipinski definition) is 4. The summed E-state index contributed by atoms with van der Waals surface area (Å²) in [6.45, 7) is 0.974. The third-order valence-electron chi connectivity index (χ3n) is 9.15. The van der Waals surface area contributed by atoms with Crippen molar-refractivity contribution in [2.24, 2.45) is 11.8 Å². The fraction of sp³-hybridized carbons (Fsp3) is 0.406. The number of benzene rings is 2. The lowest BCUT2D eigenvalue weighted by atomic mass is 9.57. The zero-order valence-electron chi connectivity index (χ0n) is 24.2. The van der Waals surface area contributed by atoms with Gasteiger partial charge in [0.1, 0.15) is 23.1 Å². The van der Waals surface area contributed by atoms with Gasteiger partial charge in [-0.15, -0.1) is 0 Å². The van der Waals surface area contributed by atoms with Crippen LogP contribution in [0, 0.1) is 17.7 Å². The Labute approximate surface area is 273 Å². The van der Waals surface area contributed by atoms with Gasteiger partial charge in [0, 0.05) is 62.2 Å². The third kappa shape index (κ3) is 5.28. The number of hydrogen-bond donors (Lipinski definition) is 2. The van der Waals surface area contributed by atoms with E-state index < -0.39 is 23.2 Å². The Balaban J connectivity index is 1.46. The summed E-state index contributed by atoms with van der Waals surface area (Å²) >= 11 is 16.1. The molecule has 8 nitrogen and oxygen atoms in total. The van der Waals surface area contributed by atoms with Gasteiger partial charge in [-0.25, -0.2) is 9.18 Å². The van der Waals surface area contributed by atoms with Crippen LogP contribution < -0.4 is 15.4 Å².